The Balaban J connectivity index is 1.63. The van der Waals surface area contributed by atoms with Crippen LogP contribution in [-0.2, 0) is 26.7 Å². The van der Waals surface area contributed by atoms with Gasteiger partial charge in [0.05, 0.1) is 6.54 Å². The monoisotopic (exact) mass is 474 g/mol. The van der Waals surface area contributed by atoms with Gasteiger partial charge in [-0.3, -0.25) is 0 Å². The highest BCUT2D eigenvalue weighted by Crippen LogP contribution is 2.39. The lowest BCUT2D eigenvalue weighted by Gasteiger charge is -2.38. The Bertz CT molecular complexity index is 1150. The SMILES string of the molecule is Cc1cc(CN2[C@@H](C)CC[C@H](c3ccccc3)S2(=O)=O)c(F)cc1C(C)(C)[C@@H]1CNC(=O)O1. The molecule has 8 heteroatoms. The van der Waals surface area contributed by atoms with E-state index in [0.717, 1.165) is 16.7 Å². The van der Waals surface area contributed by atoms with Gasteiger partial charge in [-0.2, -0.15) is 4.31 Å². The summed E-state index contributed by atoms with van der Waals surface area (Å²) in [4.78, 5) is 11.5. The van der Waals surface area contributed by atoms with Crippen molar-refractivity contribution in [1.82, 2.24) is 9.62 Å². The number of cyclic esters (lactones) is 1. The molecule has 2 heterocycles. The maximum atomic E-state index is 15.3. The summed E-state index contributed by atoms with van der Waals surface area (Å²) in [5.41, 5.74) is 2.08. The maximum Gasteiger partial charge on any atom is 0.407 e. The molecule has 33 heavy (non-hydrogen) atoms. The molecule has 0 bridgehead atoms. The first kappa shape index (κ1) is 23.7. The summed E-state index contributed by atoms with van der Waals surface area (Å²) in [7, 11) is -3.65. The van der Waals surface area contributed by atoms with Crippen LogP contribution >= 0.6 is 0 Å². The lowest BCUT2D eigenvalue weighted by molar-refractivity contribution is 0.0989. The van der Waals surface area contributed by atoms with Crippen molar-refractivity contribution in [3.05, 3.63) is 70.5 Å². The Hall–Kier alpha value is -2.45. The highest BCUT2D eigenvalue weighted by atomic mass is 32.2. The van der Waals surface area contributed by atoms with Crippen LogP contribution in [-0.4, -0.2) is 37.5 Å². The second-order valence-electron chi connectivity index (χ2n) is 9.67. The van der Waals surface area contributed by atoms with E-state index >= 15 is 4.39 Å². The Morgan fingerprint density at radius 3 is 2.52 bits per heavy atom. The number of ether oxygens (including phenoxy) is 1. The van der Waals surface area contributed by atoms with E-state index in [9.17, 15) is 13.2 Å². The van der Waals surface area contributed by atoms with Crippen LogP contribution in [0.25, 0.3) is 0 Å². The topological polar surface area (TPSA) is 75.7 Å². The zero-order valence-electron chi connectivity index (χ0n) is 19.5. The quantitative estimate of drug-likeness (QED) is 0.689. The van der Waals surface area contributed by atoms with Crippen LogP contribution in [0.5, 0.6) is 0 Å². The van der Waals surface area contributed by atoms with Gasteiger partial charge < -0.3 is 10.1 Å². The molecule has 2 aliphatic heterocycles. The number of carbonyl (C=O) groups is 1. The molecule has 0 aromatic heterocycles. The molecule has 1 amide bonds. The van der Waals surface area contributed by atoms with Gasteiger partial charge in [-0.1, -0.05) is 50.2 Å². The van der Waals surface area contributed by atoms with Gasteiger partial charge in [0.25, 0.3) is 0 Å². The standard InChI is InChI=1S/C25H31FN2O4S/c1-16-12-19(21(26)13-20(16)25(3,4)23-14-27-24(29)32-23)15-28-17(2)10-11-22(33(28,30)31)18-8-6-5-7-9-18/h5-9,12-13,17,22-23H,10-11,14-15H2,1-4H3,(H,27,29)/t17-,22+,23-/m0/s1. The van der Waals surface area contributed by atoms with Crippen LogP contribution in [0.15, 0.2) is 42.5 Å². The summed E-state index contributed by atoms with van der Waals surface area (Å²) in [6.45, 7) is 7.94. The van der Waals surface area contributed by atoms with Crippen molar-refractivity contribution in [2.24, 2.45) is 0 Å². The number of hydrogen-bond acceptors (Lipinski definition) is 4. The van der Waals surface area contributed by atoms with E-state index in [1.165, 1.54) is 10.4 Å². The second kappa shape index (κ2) is 8.72. The molecule has 0 spiro atoms. The van der Waals surface area contributed by atoms with Gasteiger partial charge in [-0.05, 0) is 49.4 Å². The van der Waals surface area contributed by atoms with Crippen LogP contribution in [0, 0.1) is 12.7 Å². The average Bonchev–Trinajstić information content (AvgIpc) is 3.20. The number of amides is 1. The summed E-state index contributed by atoms with van der Waals surface area (Å²) in [6, 6.07) is 12.2. The fourth-order valence-corrected chi connectivity index (χ4v) is 7.23. The summed E-state index contributed by atoms with van der Waals surface area (Å²) in [6.07, 6.45) is 0.375. The molecule has 0 radical (unpaired) electrons. The first-order chi connectivity index (χ1) is 15.5. The summed E-state index contributed by atoms with van der Waals surface area (Å²) < 4.78 is 49.1. The number of nitrogens with zero attached hydrogens (tertiary/aromatic N) is 1. The summed E-state index contributed by atoms with van der Waals surface area (Å²) in [5.74, 6) is -0.454. The molecule has 3 atom stereocenters. The Morgan fingerprint density at radius 1 is 1.18 bits per heavy atom. The normalized spacial score (nSPS) is 25.5. The highest BCUT2D eigenvalue weighted by Gasteiger charge is 2.42. The molecule has 0 unspecified atom stereocenters. The van der Waals surface area contributed by atoms with Gasteiger partial charge in [-0.25, -0.2) is 17.6 Å². The number of rotatable bonds is 5. The minimum Gasteiger partial charge on any atom is -0.443 e. The number of carbonyl (C=O) groups excluding carboxylic acids is 1. The van der Waals surface area contributed by atoms with Crippen molar-refractivity contribution < 1.29 is 22.3 Å². The van der Waals surface area contributed by atoms with Gasteiger partial charge in [0, 0.05) is 23.6 Å². The van der Waals surface area contributed by atoms with Crippen molar-refractivity contribution in [3.8, 4) is 0 Å². The van der Waals surface area contributed by atoms with E-state index in [1.807, 2.05) is 58.0 Å². The zero-order chi connectivity index (χ0) is 24.0. The number of aryl methyl sites for hydroxylation is 1. The Morgan fingerprint density at radius 2 is 1.88 bits per heavy atom. The van der Waals surface area contributed by atoms with Crippen LogP contribution in [0.3, 0.4) is 0 Å². The number of hydrogen-bond donors (Lipinski definition) is 1. The highest BCUT2D eigenvalue weighted by molar-refractivity contribution is 7.89. The van der Waals surface area contributed by atoms with E-state index < -0.39 is 38.7 Å². The van der Waals surface area contributed by atoms with Crippen molar-refractivity contribution in [1.29, 1.82) is 0 Å². The van der Waals surface area contributed by atoms with E-state index in [4.69, 9.17) is 4.74 Å². The third-order valence-electron chi connectivity index (χ3n) is 7.10. The molecule has 4 rings (SSSR count). The van der Waals surface area contributed by atoms with Gasteiger partial charge in [0.2, 0.25) is 10.0 Å². The molecule has 2 aromatic rings. The molecular formula is C25H31FN2O4S. The van der Waals surface area contributed by atoms with E-state index in [-0.39, 0.29) is 12.6 Å². The van der Waals surface area contributed by atoms with Crippen molar-refractivity contribution in [2.45, 2.75) is 69.9 Å². The molecule has 0 saturated carbocycles. The molecule has 2 aromatic carbocycles. The van der Waals surface area contributed by atoms with Crippen molar-refractivity contribution in [2.75, 3.05) is 6.54 Å². The molecule has 2 saturated heterocycles. The molecular weight excluding hydrogens is 443 g/mol. The van der Waals surface area contributed by atoms with Gasteiger partial charge in [0.15, 0.2) is 0 Å². The van der Waals surface area contributed by atoms with Gasteiger partial charge in [0.1, 0.15) is 17.2 Å². The molecule has 1 N–H and O–H groups in total. The number of alkyl carbamates (subject to hydrolysis) is 1. The van der Waals surface area contributed by atoms with Crippen molar-refractivity contribution >= 4 is 16.1 Å². The molecule has 6 nitrogen and oxygen atoms in total. The van der Waals surface area contributed by atoms with Crippen LogP contribution < -0.4 is 5.32 Å². The van der Waals surface area contributed by atoms with E-state index in [2.05, 4.69) is 5.32 Å². The van der Waals surface area contributed by atoms with E-state index in [0.29, 0.717) is 24.9 Å². The van der Waals surface area contributed by atoms with E-state index in [1.54, 1.807) is 6.07 Å². The molecule has 178 valence electrons. The lowest BCUT2D eigenvalue weighted by Crippen LogP contribution is -2.45. The molecule has 2 fully saturated rings. The average molecular weight is 475 g/mol. The maximum absolute atomic E-state index is 15.3. The van der Waals surface area contributed by atoms with Gasteiger partial charge in [-0.15, -0.1) is 0 Å². The minimum atomic E-state index is -3.65. The van der Waals surface area contributed by atoms with Crippen LogP contribution in [0.2, 0.25) is 0 Å². The fourth-order valence-electron chi connectivity index (χ4n) is 5.04. The second-order valence-corrected chi connectivity index (χ2v) is 11.7. The predicted molar refractivity (Wildman–Crippen MR) is 125 cm³/mol. The minimum absolute atomic E-state index is 0.0137. The first-order valence-corrected chi connectivity index (χ1v) is 12.8. The Kier molecular flexibility index (Phi) is 6.26. The summed E-state index contributed by atoms with van der Waals surface area (Å²) >= 11 is 0. The third kappa shape index (κ3) is 4.38. The zero-order valence-corrected chi connectivity index (χ0v) is 20.3. The molecule has 0 aliphatic carbocycles. The fraction of sp³-hybridized carbons (Fsp3) is 0.480. The number of benzene rings is 2. The number of sulfonamides is 1. The third-order valence-corrected chi connectivity index (χ3v) is 9.47. The summed E-state index contributed by atoms with van der Waals surface area (Å²) in [5, 5.41) is 2.02. The number of halogens is 1. The first-order valence-electron chi connectivity index (χ1n) is 11.3. The number of nitrogens with one attached hydrogen (secondary N) is 1. The van der Waals surface area contributed by atoms with Crippen LogP contribution in [0.4, 0.5) is 9.18 Å². The van der Waals surface area contributed by atoms with Crippen LogP contribution in [0.1, 0.15) is 61.1 Å². The predicted octanol–water partition coefficient (Wildman–Crippen LogP) is 4.58. The lowest BCUT2D eigenvalue weighted by atomic mass is 9.77. The largest absolute Gasteiger partial charge is 0.443 e. The Labute approximate surface area is 195 Å². The van der Waals surface area contributed by atoms with Gasteiger partial charge >= 0.3 is 6.09 Å². The molecule has 2 aliphatic rings. The smallest absolute Gasteiger partial charge is 0.407 e. The van der Waals surface area contributed by atoms with Crippen molar-refractivity contribution in [3.63, 3.8) is 0 Å².